The minimum absolute atomic E-state index is 0.920. The van der Waals surface area contributed by atoms with Gasteiger partial charge in [0.1, 0.15) is 5.75 Å². The van der Waals surface area contributed by atoms with Gasteiger partial charge in [0.05, 0.1) is 12.0 Å². The highest BCUT2D eigenvalue weighted by Gasteiger charge is 2.05. The standard InChI is InChI=1S/C15H17NOS/c1-11-4-9-14(17-3)15(10-11)18-13-7-5-12(16-2)6-8-13/h4-10,16H,1-3H3. The lowest BCUT2D eigenvalue weighted by Crippen LogP contribution is -1.88. The minimum Gasteiger partial charge on any atom is -0.496 e. The van der Waals surface area contributed by atoms with Crippen molar-refractivity contribution in [3.8, 4) is 5.75 Å². The fraction of sp³-hybridized carbons (Fsp3) is 0.200. The first-order valence-electron chi connectivity index (χ1n) is 5.83. The number of hydrogen-bond donors (Lipinski definition) is 1. The number of benzene rings is 2. The topological polar surface area (TPSA) is 21.3 Å². The van der Waals surface area contributed by atoms with Crippen LogP contribution in [-0.2, 0) is 0 Å². The minimum atomic E-state index is 0.920. The largest absolute Gasteiger partial charge is 0.496 e. The summed E-state index contributed by atoms with van der Waals surface area (Å²) in [5, 5.41) is 3.12. The normalized spacial score (nSPS) is 10.2. The van der Waals surface area contributed by atoms with Gasteiger partial charge in [0.2, 0.25) is 0 Å². The van der Waals surface area contributed by atoms with Crippen molar-refractivity contribution in [3.63, 3.8) is 0 Å². The first-order valence-corrected chi connectivity index (χ1v) is 6.65. The molecule has 0 saturated carbocycles. The van der Waals surface area contributed by atoms with E-state index < -0.39 is 0 Å². The number of aryl methyl sites for hydroxylation is 1. The second kappa shape index (κ2) is 5.83. The van der Waals surface area contributed by atoms with Gasteiger partial charge in [-0.2, -0.15) is 0 Å². The molecule has 2 rings (SSSR count). The Morgan fingerprint density at radius 3 is 2.39 bits per heavy atom. The van der Waals surface area contributed by atoms with Crippen molar-refractivity contribution >= 4 is 17.4 Å². The van der Waals surface area contributed by atoms with Crippen LogP contribution in [0.15, 0.2) is 52.3 Å². The molecule has 0 fully saturated rings. The Morgan fingerprint density at radius 1 is 1.06 bits per heavy atom. The zero-order valence-electron chi connectivity index (χ0n) is 10.9. The summed E-state index contributed by atoms with van der Waals surface area (Å²) in [6.07, 6.45) is 0. The predicted octanol–water partition coefficient (Wildman–Crippen LogP) is 4.20. The van der Waals surface area contributed by atoms with Crippen LogP contribution in [0.3, 0.4) is 0 Å². The molecule has 0 radical (unpaired) electrons. The third-order valence-electron chi connectivity index (χ3n) is 2.69. The van der Waals surface area contributed by atoms with Crippen molar-refractivity contribution in [2.75, 3.05) is 19.5 Å². The second-order valence-electron chi connectivity index (χ2n) is 4.03. The van der Waals surface area contributed by atoms with Gasteiger partial charge in [0.25, 0.3) is 0 Å². The Balaban J connectivity index is 2.24. The van der Waals surface area contributed by atoms with Crippen LogP contribution in [0, 0.1) is 6.92 Å². The lowest BCUT2D eigenvalue weighted by atomic mass is 10.2. The van der Waals surface area contributed by atoms with E-state index in [2.05, 4.69) is 48.6 Å². The first-order chi connectivity index (χ1) is 8.72. The van der Waals surface area contributed by atoms with Gasteiger partial charge in [-0.3, -0.25) is 0 Å². The molecule has 3 heteroatoms. The van der Waals surface area contributed by atoms with Gasteiger partial charge in [0.15, 0.2) is 0 Å². The Hall–Kier alpha value is -1.61. The van der Waals surface area contributed by atoms with Crippen LogP contribution in [0.5, 0.6) is 5.75 Å². The summed E-state index contributed by atoms with van der Waals surface area (Å²) in [6, 6.07) is 14.6. The molecule has 0 aliphatic rings. The van der Waals surface area contributed by atoms with E-state index in [0.717, 1.165) is 16.3 Å². The van der Waals surface area contributed by atoms with Gasteiger partial charge < -0.3 is 10.1 Å². The van der Waals surface area contributed by atoms with Crippen molar-refractivity contribution in [3.05, 3.63) is 48.0 Å². The van der Waals surface area contributed by atoms with Crippen LogP contribution >= 0.6 is 11.8 Å². The molecule has 94 valence electrons. The van der Waals surface area contributed by atoms with Crippen molar-refractivity contribution in [1.29, 1.82) is 0 Å². The molecule has 2 aromatic rings. The number of methoxy groups -OCH3 is 1. The quantitative estimate of drug-likeness (QED) is 0.889. The molecule has 0 aromatic heterocycles. The smallest absolute Gasteiger partial charge is 0.132 e. The van der Waals surface area contributed by atoms with Gasteiger partial charge in [0, 0.05) is 17.6 Å². The summed E-state index contributed by atoms with van der Waals surface area (Å²) in [5.74, 6) is 0.920. The summed E-state index contributed by atoms with van der Waals surface area (Å²) in [5.41, 5.74) is 2.36. The lowest BCUT2D eigenvalue weighted by Gasteiger charge is -2.09. The Labute approximate surface area is 112 Å². The molecule has 0 spiro atoms. The van der Waals surface area contributed by atoms with E-state index in [9.17, 15) is 0 Å². The summed E-state index contributed by atoms with van der Waals surface area (Å²) < 4.78 is 5.38. The zero-order chi connectivity index (χ0) is 13.0. The van der Waals surface area contributed by atoms with Gasteiger partial charge in [-0.1, -0.05) is 17.8 Å². The van der Waals surface area contributed by atoms with Gasteiger partial charge >= 0.3 is 0 Å². The molecular formula is C15H17NOS. The highest BCUT2D eigenvalue weighted by Crippen LogP contribution is 2.35. The third-order valence-corrected chi connectivity index (χ3v) is 3.74. The number of ether oxygens (including phenoxy) is 1. The molecule has 0 atom stereocenters. The maximum absolute atomic E-state index is 5.38. The number of anilines is 1. The van der Waals surface area contributed by atoms with Crippen LogP contribution < -0.4 is 10.1 Å². The molecule has 0 unspecified atom stereocenters. The summed E-state index contributed by atoms with van der Waals surface area (Å²) >= 11 is 1.72. The zero-order valence-corrected chi connectivity index (χ0v) is 11.7. The van der Waals surface area contributed by atoms with Crippen molar-refractivity contribution < 1.29 is 4.74 Å². The Bertz CT molecular complexity index is 523. The molecule has 1 N–H and O–H groups in total. The van der Waals surface area contributed by atoms with E-state index in [1.165, 1.54) is 10.5 Å². The second-order valence-corrected chi connectivity index (χ2v) is 5.15. The molecule has 0 amide bonds. The van der Waals surface area contributed by atoms with Gasteiger partial charge in [-0.15, -0.1) is 0 Å². The molecule has 18 heavy (non-hydrogen) atoms. The van der Waals surface area contributed by atoms with Crippen LogP contribution in [0.1, 0.15) is 5.56 Å². The van der Waals surface area contributed by atoms with Crippen LogP contribution in [-0.4, -0.2) is 14.2 Å². The summed E-state index contributed by atoms with van der Waals surface area (Å²) in [6.45, 7) is 2.09. The first kappa shape index (κ1) is 12.8. The summed E-state index contributed by atoms with van der Waals surface area (Å²) in [7, 11) is 3.63. The van der Waals surface area contributed by atoms with Crippen molar-refractivity contribution in [2.24, 2.45) is 0 Å². The number of rotatable bonds is 4. The van der Waals surface area contributed by atoms with Crippen LogP contribution in [0.4, 0.5) is 5.69 Å². The van der Waals surface area contributed by atoms with E-state index in [-0.39, 0.29) is 0 Å². The highest BCUT2D eigenvalue weighted by molar-refractivity contribution is 7.99. The fourth-order valence-electron chi connectivity index (χ4n) is 1.68. The Kier molecular flexibility index (Phi) is 4.15. The van der Waals surface area contributed by atoms with Crippen LogP contribution in [0.25, 0.3) is 0 Å². The fourth-order valence-corrected chi connectivity index (χ4v) is 2.70. The molecule has 0 bridgehead atoms. The van der Waals surface area contributed by atoms with E-state index in [1.54, 1.807) is 18.9 Å². The molecule has 0 aliphatic carbocycles. The average Bonchev–Trinajstić information content (AvgIpc) is 2.40. The van der Waals surface area contributed by atoms with E-state index in [1.807, 2.05) is 13.1 Å². The molecule has 0 saturated heterocycles. The molecule has 0 heterocycles. The number of hydrogen-bond acceptors (Lipinski definition) is 3. The lowest BCUT2D eigenvalue weighted by molar-refractivity contribution is 0.404. The SMILES string of the molecule is CNc1ccc(Sc2cc(C)ccc2OC)cc1. The summed E-state index contributed by atoms with van der Waals surface area (Å²) in [4.78, 5) is 2.35. The maximum atomic E-state index is 5.38. The van der Waals surface area contributed by atoms with Crippen LogP contribution in [0.2, 0.25) is 0 Å². The van der Waals surface area contributed by atoms with E-state index in [0.29, 0.717) is 0 Å². The van der Waals surface area contributed by atoms with Crippen molar-refractivity contribution in [2.45, 2.75) is 16.7 Å². The van der Waals surface area contributed by atoms with E-state index in [4.69, 9.17) is 4.74 Å². The Morgan fingerprint density at radius 2 is 1.78 bits per heavy atom. The monoisotopic (exact) mass is 259 g/mol. The molecule has 0 aliphatic heterocycles. The average molecular weight is 259 g/mol. The predicted molar refractivity (Wildman–Crippen MR) is 77.8 cm³/mol. The van der Waals surface area contributed by atoms with E-state index >= 15 is 0 Å². The maximum Gasteiger partial charge on any atom is 0.132 e. The van der Waals surface area contributed by atoms with Gasteiger partial charge in [-0.05, 0) is 48.9 Å². The highest BCUT2D eigenvalue weighted by atomic mass is 32.2. The molecule has 2 nitrogen and oxygen atoms in total. The number of nitrogens with one attached hydrogen (secondary N) is 1. The van der Waals surface area contributed by atoms with Gasteiger partial charge in [-0.25, -0.2) is 0 Å². The van der Waals surface area contributed by atoms with Crippen molar-refractivity contribution in [1.82, 2.24) is 0 Å². The third kappa shape index (κ3) is 2.99. The molecular weight excluding hydrogens is 242 g/mol. The molecule has 2 aromatic carbocycles.